The normalized spacial score (nSPS) is 12.1. The van der Waals surface area contributed by atoms with Gasteiger partial charge in [0, 0.05) is 12.1 Å². The zero-order chi connectivity index (χ0) is 15.0. The Hall–Kier alpha value is -1.27. The van der Waals surface area contributed by atoms with Gasteiger partial charge in [0.05, 0.1) is 32.1 Å². The van der Waals surface area contributed by atoms with Gasteiger partial charge in [-0.25, -0.2) is 0 Å². The molecule has 0 bridgehead atoms. The molecule has 0 aromatic heterocycles. The summed E-state index contributed by atoms with van der Waals surface area (Å²) in [5.41, 5.74) is 2.50. The third-order valence-corrected chi connectivity index (χ3v) is 4.39. The van der Waals surface area contributed by atoms with Crippen LogP contribution < -0.4 is 5.32 Å². The fourth-order valence-corrected chi connectivity index (χ4v) is 3.30. The van der Waals surface area contributed by atoms with Crippen LogP contribution in [0.2, 0.25) is 15.1 Å². The minimum absolute atomic E-state index is 0.0457. The van der Waals surface area contributed by atoms with Crippen LogP contribution in [0.1, 0.15) is 5.56 Å². The maximum Gasteiger partial charge on any atom is 0.139 e. The summed E-state index contributed by atoms with van der Waals surface area (Å²) in [4.78, 5) is 0. The van der Waals surface area contributed by atoms with Crippen LogP contribution >= 0.6 is 34.8 Å². The Morgan fingerprint density at radius 2 is 1.81 bits per heavy atom. The van der Waals surface area contributed by atoms with Crippen molar-refractivity contribution in [1.29, 1.82) is 0 Å². The van der Waals surface area contributed by atoms with Gasteiger partial charge in [0.2, 0.25) is 0 Å². The van der Waals surface area contributed by atoms with E-state index in [1.165, 1.54) is 0 Å². The van der Waals surface area contributed by atoms with Crippen molar-refractivity contribution in [2.45, 2.75) is 6.54 Å². The van der Waals surface area contributed by atoms with Crippen molar-refractivity contribution in [3.63, 3.8) is 0 Å². The molecule has 2 aromatic carbocycles. The smallest absolute Gasteiger partial charge is 0.139 e. The van der Waals surface area contributed by atoms with Gasteiger partial charge in [-0.1, -0.05) is 46.9 Å². The number of benzene rings is 2. The van der Waals surface area contributed by atoms with Crippen molar-refractivity contribution in [3.8, 4) is 5.75 Å². The van der Waals surface area contributed by atoms with E-state index in [-0.39, 0.29) is 5.75 Å². The summed E-state index contributed by atoms with van der Waals surface area (Å²) in [5.74, 6) is 0.0457. The highest BCUT2D eigenvalue weighted by Gasteiger charge is 2.18. The number of fused-ring (bicyclic) bond motifs is 1. The Bertz CT molecular complexity index is 804. The van der Waals surface area contributed by atoms with Crippen molar-refractivity contribution in [2.24, 2.45) is 8.73 Å². The number of phenolic OH excluding ortho intramolecular Hbond substituents is 1. The summed E-state index contributed by atoms with van der Waals surface area (Å²) >= 11 is 19.2. The average molecular weight is 361 g/mol. The number of phenols is 1. The van der Waals surface area contributed by atoms with Gasteiger partial charge in [0.15, 0.2) is 0 Å². The number of anilines is 1. The van der Waals surface area contributed by atoms with E-state index in [1.807, 2.05) is 0 Å². The number of halogens is 3. The Kier molecular flexibility index (Phi) is 4.08. The molecule has 4 nitrogen and oxygen atoms in total. The molecule has 0 aliphatic carbocycles. The number of para-hydroxylation sites is 1. The highest BCUT2D eigenvalue weighted by atomic mass is 35.5. The summed E-state index contributed by atoms with van der Waals surface area (Å²) in [6, 6.07) is 6.78. The number of hydrogen-bond donors (Lipinski definition) is 2. The van der Waals surface area contributed by atoms with Crippen LogP contribution in [0.4, 0.5) is 17.1 Å². The summed E-state index contributed by atoms with van der Waals surface area (Å²) in [7, 11) is 0. The molecule has 21 heavy (non-hydrogen) atoms. The summed E-state index contributed by atoms with van der Waals surface area (Å²) in [5, 5.41) is 14.3. The number of nitrogens with one attached hydrogen (secondary N) is 1. The second-order valence-corrected chi connectivity index (χ2v) is 6.03. The molecule has 0 unspecified atom stereocenters. The van der Waals surface area contributed by atoms with E-state index in [0.717, 1.165) is 11.4 Å². The van der Waals surface area contributed by atoms with Gasteiger partial charge < -0.3 is 10.4 Å². The average Bonchev–Trinajstić information content (AvgIpc) is 2.92. The number of aromatic hydroxyl groups is 1. The first-order valence-electron chi connectivity index (χ1n) is 5.88. The van der Waals surface area contributed by atoms with Gasteiger partial charge in [0.1, 0.15) is 17.1 Å². The van der Waals surface area contributed by atoms with Crippen molar-refractivity contribution < 1.29 is 5.11 Å². The van der Waals surface area contributed by atoms with Crippen LogP contribution in [0.25, 0.3) is 0 Å². The Labute approximate surface area is 139 Å². The van der Waals surface area contributed by atoms with E-state index >= 15 is 0 Å². The first-order valence-corrected chi connectivity index (χ1v) is 7.75. The molecular weight excluding hydrogens is 353 g/mol. The molecule has 0 fully saturated rings. The molecule has 0 atom stereocenters. The molecule has 2 aromatic rings. The number of nitrogens with zero attached hydrogens (tertiary/aromatic N) is 2. The Morgan fingerprint density at radius 1 is 1.05 bits per heavy atom. The largest absolute Gasteiger partial charge is 0.506 e. The van der Waals surface area contributed by atoms with Crippen molar-refractivity contribution >= 4 is 63.2 Å². The standard InChI is InChI=1S/C13H8Cl3N3OS/c14-7-3-1-2-6(13(7)20)5-17-10-8(15)4-9(16)11-12(10)19-21-18-11/h1-4,17,20H,5H2. The maximum atomic E-state index is 9.91. The lowest BCUT2D eigenvalue weighted by molar-refractivity contribution is 0.469. The van der Waals surface area contributed by atoms with E-state index in [1.54, 1.807) is 24.3 Å². The van der Waals surface area contributed by atoms with Crippen LogP contribution in [0.5, 0.6) is 5.75 Å². The van der Waals surface area contributed by atoms with Crippen molar-refractivity contribution in [3.05, 3.63) is 44.9 Å². The predicted molar refractivity (Wildman–Crippen MR) is 88.4 cm³/mol. The van der Waals surface area contributed by atoms with Crippen LogP contribution in [-0.2, 0) is 17.9 Å². The number of hydrogen-bond acceptors (Lipinski definition) is 4. The molecule has 2 N–H and O–H groups in total. The van der Waals surface area contributed by atoms with Crippen LogP contribution in [-0.4, -0.2) is 5.11 Å². The molecular formula is C13H8Cl3N3OS. The highest BCUT2D eigenvalue weighted by Crippen LogP contribution is 2.47. The monoisotopic (exact) mass is 359 g/mol. The summed E-state index contributed by atoms with van der Waals surface area (Å²) in [6.45, 7) is 0.348. The summed E-state index contributed by atoms with van der Waals surface area (Å²) < 4.78 is 8.34. The Morgan fingerprint density at radius 3 is 2.62 bits per heavy atom. The van der Waals surface area contributed by atoms with Crippen LogP contribution in [0.15, 0.2) is 33.0 Å². The second-order valence-electron chi connectivity index (χ2n) is 4.28. The molecule has 0 saturated carbocycles. The third-order valence-electron chi connectivity index (χ3n) is 2.97. The molecule has 0 amide bonds. The topological polar surface area (TPSA) is 57.0 Å². The van der Waals surface area contributed by atoms with Gasteiger partial charge in [-0.2, -0.15) is 8.73 Å². The van der Waals surface area contributed by atoms with Crippen LogP contribution in [0.3, 0.4) is 0 Å². The van der Waals surface area contributed by atoms with E-state index in [2.05, 4.69) is 14.0 Å². The molecule has 1 heterocycles. The van der Waals surface area contributed by atoms with Gasteiger partial charge in [-0.05, 0) is 12.1 Å². The summed E-state index contributed by atoms with van der Waals surface area (Å²) in [6.07, 6.45) is 0. The maximum absolute atomic E-state index is 9.91. The third kappa shape index (κ3) is 2.74. The molecule has 0 saturated heterocycles. The lowest BCUT2D eigenvalue weighted by Gasteiger charge is -2.13. The zero-order valence-electron chi connectivity index (χ0n) is 10.4. The molecule has 108 valence electrons. The first-order chi connectivity index (χ1) is 10.1. The first kappa shape index (κ1) is 14.7. The lowest BCUT2D eigenvalue weighted by atomic mass is 10.2. The highest BCUT2D eigenvalue weighted by molar-refractivity contribution is 7.58. The SMILES string of the molecule is Oc1c(Cl)cccc1CNc1c(Cl)cc(Cl)c2c1N=S=N2. The van der Waals surface area contributed by atoms with Gasteiger partial charge in [0.25, 0.3) is 0 Å². The van der Waals surface area contributed by atoms with Crippen LogP contribution in [0, 0.1) is 0 Å². The molecule has 3 rings (SSSR count). The molecule has 1 aliphatic heterocycles. The van der Waals surface area contributed by atoms with Gasteiger partial charge >= 0.3 is 0 Å². The fraction of sp³-hybridized carbons (Fsp3) is 0.0769. The quantitative estimate of drug-likeness (QED) is 0.630. The lowest BCUT2D eigenvalue weighted by Crippen LogP contribution is -2.01. The van der Waals surface area contributed by atoms with E-state index in [4.69, 9.17) is 34.8 Å². The van der Waals surface area contributed by atoms with Crippen molar-refractivity contribution in [1.82, 2.24) is 0 Å². The molecule has 0 radical (unpaired) electrons. The van der Waals surface area contributed by atoms with Gasteiger partial charge in [-0.3, -0.25) is 0 Å². The van der Waals surface area contributed by atoms with Gasteiger partial charge in [-0.15, -0.1) is 0 Å². The molecule has 8 heteroatoms. The zero-order valence-corrected chi connectivity index (χ0v) is 13.5. The van der Waals surface area contributed by atoms with Crippen molar-refractivity contribution in [2.75, 3.05) is 5.32 Å². The predicted octanol–water partition coefficient (Wildman–Crippen LogP) is 5.69. The molecule has 1 aliphatic rings. The molecule has 0 spiro atoms. The fourth-order valence-electron chi connectivity index (χ4n) is 1.93. The Balaban J connectivity index is 1.92. The minimum atomic E-state index is 0.0457. The van der Waals surface area contributed by atoms with E-state index < -0.39 is 0 Å². The van der Waals surface area contributed by atoms with E-state index in [9.17, 15) is 5.11 Å². The second kappa shape index (κ2) is 5.85. The van der Waals surface area contributed by atoms with E-state index in [0.29, 0.717) is 44.2 Å². The number of rotatable bonds is 3. The minimum Gasteiger partial charge on any atom is -0.506 e.